The van der Waals surface area contributed by atoms with E-state index in [0.29, 0.717) is 36.2 Å². The summed E-state index contributed by atoms with van der Waals surface area (Å²) in [4.78, 5) is 2.31. The van der Waals surface area contributed by atoms with Crippen LogP contribution in [-0.2, 0) is 16.6 Å². The summed E-state index contributed by atoms with van der Waals surface area (Å²) in [6.07, 6.45) is 1.03. The molecule has 3 N–H and O–H groups in total. The van der Waals surface area contributed by atoms with Crippen LogP contribution in [0.1, 0.15) is 37.4 Å². The van der Waals surface area contributed by atoms with E-state index in [1.807, 2.05) is 7.05 Å². The number of hydrogen-bond donors (Lipinski definition) is 2. The van der Waals surface area contributed by atoms with Gasteiger partial charge in [0.15, 0.2) is 0 Å². The maximum atomic E-state index is 12.4. The quantitative estimate of drug-likeness (QED) is 0.756. The van der Waals surface area contributed by atoms with Gasteiger partial charge in [-0.3, -0.25) is 0 Å². The van der Waals surface area contributed by atoms with Gasteiger partial charge in [-0.05, 0) is 34.2 Å². The number of nitrogens with two attached hydrogens (primary N) is 1. The largest absolute Gasteiger partial charge is 0.465 e. The van der Waals surface area contributed by atoms with Crippen molar-refractivity contribution in [3.8, 4) is 0 Å². The minimum atomic E-state index is -3.59. The number of nitrogens with zero attached hydrogens (tertiary/aromatic N) is 1. The molecule has 0 bridgehead atoms. The van der Waals surface area contributed by atoms with Gasteiger partial charge in [0.25, 0.3) is 0 Å². The topological polar surface area (TPSA) is 88.6 Å². The Labute approximate surface area is 127 Å². The normalized spacial score (nSPS) is 13.9. The summed E-state index contributed by atoms with van der Waals surface area (Å²) in [5, 5.41) is 0. The number of sulfonamides is 1. The van der Waals surface area contributed by atoms with E-state index in [1.54, 1.807) is 13.8 Å². The summed E-state index contributed by atoms with van der Waals surface area (Å²) in [6.45, 7) is 8.75. The molecule has 0 spiro atoms. The third kappa shape index (κ3) is 4.29. The molecule has 0 radical (unpaired) electrons. The number of furan rings is 1. The fourth-order valence-corrected chi connectivity index (χ4v) is 3.73. The van der Waals surface area contributed by atoms with Gasteiger partial charge in [0, 0.05) is 31.2 Å². The predicted molar refractivity (Wildman–Crippen MR) is 83.6 cm³/mol. The number of hydrogen-bond acceptors (Lipinski definition) is 5. The maximum Gasteiger partial charge on any atom is 0.244 e. The lowest BCUT2D eigenvalue weighted by atomic mass is 10.2. The summed E-state index contributed by atoms with van der Waals surface area (Å²) >= 11 is 0. The van der Waals surface area contributed by atoms with Crippen LogP contribution in [0.25, 0.3) is 0 Å². The van der Waals surface area contributed by atoms with Crippen LogP contribution in [-0.4, -0.2) is 39.5 Å². The first kappa shape index (κ1) is 18.2. The molecule has 1 aromatic rings. The van der Waals surface area contributed by atoms with Crippen molar-refractivity contribution >= 4 is 10.0 Å². The summed E-state index contributed by atoms with van der Waals surface area (Å²) in [7, 11) is -1.60. The van der Waals surface area contributed by atoms with Crippen LogP contribution in [0.3, 0.4) is 0 Å². The molecule has 0 aliphatic heterocycles. The molecule has 1 rings (SSSR count). The van der Waals surface area contributed by atoms with Gasteiger partial charge in [0.05, 0.1) is 0 Å². The van der Waals surface area contributed by atoms with Crippen LogP contribution in [0.15, 0.2) is 9.31 Å². The van der Waals surface area contributed by atoms with Gasteiger partial charge in [-0.2, -0.15) is 0 Å². The Morgan fingerprint density at radius 1 is 1.33 bits per heavy atom. The summed E-state index contributed by atoms with van der Waals surface area (Å²) in [5.74, 6) is 0.947. The SMILES string of the molecule is CCC(C)N(C)CCNS(=O)(=O)c1c(C)oc(C)c1CN. The van der Waals surface area contributed by atoms with E-state index in [0.717, 1.165) is 6.42 Å². The highest BCUT2D eigenvalue weighted by Gasteiger charge is 2.25. The van der Waals surface area contributed by atoms with Crippen LogP contribution >= 0.6 is 0 Å². The molecule has 0 aliphatic rings. The zero-order valence-corrected chi connectivity index (χ0v) is 14.4. The molecule has 0 fully saturated rings. The van der Waals surface area contributed by atoms with Crippen LogP contribution in [0, 0.1) is 13.8 Å². The van der Waals surface area contributed by atoms with Gasteiger partial charge >= 0.3 is 0 Å². The predicted octanol–water partition coefficient (Wildman–Crippen LogP) is 1.36. The number of rotatable bonds is 8. The van der Waals surface area contributed by atoms with Gasteiger partial charge in [-0.15, -0.1) is 0 Å². The van der Waals surface area contributed by atoms with Crippen molar-refractivity contribution in [1.82, 2.24) is 9.62 Å². The molecule has 6 nitrogen and oxygen atoms in total. The van der Waals surface area contributed by atoms with E-state index in [-0.39, 0.29) is 11.4 Å². The smallest absolute Gasteiger partial charge is 0.244 e. The molecule has 1 aromatic heterocycles. The third-order valence-electron chi connectivity index (χ3n) is 3.90. The molecule has 0 aliphatic carbocycles. The van der Waals surface area contributed by atoms with Gasteiger partial charge in [0.2, 0.25) is 10.0 Å². The van der Waals surface area contributed by atoms with Gasteiger partial charge in [0.1, 0.15) is 16.4 Å². The summed E-state index contributed by atoms with van der Waals surface area (Å²) in [6, 6.07) is 0.423. The standard InChI is InChI=1S/C14H27N3O3S/c1-6-10(2)17(5)8-7-16-21(18,19)14-12(4)20-11(3)13(14)9-15/h10,16H,6-9,15H2,1-5H3. The van der Waals surface area contributed by atoms with Crippen molar-refractivity contribution in [3.05, 3.63) is 17.1 Å². The monoisotopic (exact) mass is 317 g/mol. The molecule has 0 amide bonds. The molecule has 1 unspecified atom stereocenters. The second-order valence-corrected chi connectivity index (χ2v) is 7.07. The van der Waals surface area contributed by atoms with Crippen molar-refractivity contribution in [2.45, 2.75) is 51.6 Å². The molecular weight excluding hydrogens is 290 g/mol. The second kappa shape index (κ2) is 7.40. The molecule has 7 heteroatoms. The Balaban J connectivity index is 2.79. The fourth-order valence-electron chi connectivity index (χ4n) is 2.26. The summed E-state index contributed by atoms with van der Waals surface area (Å²) < 4.78 is 32.9. The molecule has 1 atom stereocenters. The number of aryl methyl sites for hydroxylation is 2. The Morgan fingerprint density at radius 3 is 2.48 bits per heavy atom. The first-order valence-corrected chi connectivity index (χ1v) is 8.71. The van der Waals surface area contributed by atoms with Gasteiger partial charge in [-0.1, -0.05) is 6.92 Å². The lowest BCUT2D eigenvalue weighted by Crippen LogP contribution is -2.37. The van der Waals surface area contributed by atoms with Crippen LogP contribution in [0.4, 0.5) is 0 Å². The minimum absolute atomic E-state index is 0.145. The molecule has 0 aromatic carbocycles. The Morgan fingerprint density at radius 2 is 1.95 bits per heavy atom. The van der Waals surface area contributed by atoms with E-state index >= 15 is 0 Å². The van der Waals surface area contributed by atoms with Crippen molar-refractivity contribution in [2.75, 3.05) is 20.1 Å². The third-order valence-corrected chi connectivity index (χ3v) is 5.55. The molecule has 0 saturated carbocycles. The van der Waals surface area contributed by atoms with Crippen LogP contribution in [0.5, 0.6) is 0 Å². The van der Waals surface area contributed by atoms with Gasteiger partial charge < -0.3 is 15.1 Å². The Hall–Kier alpha value is -0.890. The minimum Gasteiger partial charge on any atom is -0.465 e. The molecule has 122 valence electrons. The lowest BCUT2D eigenvalue weighted by molar-refractivity contribution is 0.256. The van der Waals surface area contributed by atoms with Crippen molar-refractivity contribution in [1.29, 1.82) is 0 Å². The first-order valence-electron chi connectivity index (χ1n) is 7.23. The molecule has 21 heavy (non-hydrogen) atoms. The summed E-state index contributed by atoms with van der Waals surface area (Å²) in [5.41, 5.74) is 6.19. The van der Waals surface area contributed by atoms with E-state index in [1.165, 1.54) is 0 Å². The highest BCUT2D eigenvalue weighted by molar-refractivity contribution is 7.89. The zero-order valence-electron chi connectivity index (χ0n) is 13.6. The van der Waals surface area contributed by atoms with Crippen molar-refractivity contribution in [2.24, 2.45) is 5.73 Å². The highest BCUT2D eigenvalue weighted by atomic mass is 32.2. The zero-order chi connectivity index (χ0) is 16.2. The number of nitrogens with one attached hydrogen (secondary N) is 1. The van der Waals surface area contributed by atoms with Crippen LogP contribution in [0.2, 0.25) is 0 Å². The molecule has 0 saturated heterocycles. The number of likely N-dealkylation sites (N-methyl/N-ethyl adjacent to an activating group) is 1. The lowest BCUT2D eigenvalue weighted by Gasteiger charge is -2.23. The van der Waals surface area contributed by atoms with Crippen molar-refractivity contribution < 1.29 is 12.8 Å². The van der Waals surface area contributed by atoms with Crippen molar-refractivity contribution in [3.63, 3.8) is 0 Å². The fraction of sp³-hybridized carbons (Fsp3) is 0.714. The van der Waals surface area contributed by atoms with E-state index in [4.69, 9.17) is 10.2 Å². The van der Waals surface area contributed by atoms with E-state index in [2.05, 4.69) is 23.5 Å². The molecule has 1 heterocycles. The highest BCUT2D eigenvalue weighted by Crippen LogP contribution is 2.25. The van der Waals surface area contributed by atoms with Gasteiger partial charge in [-0.25, -0.2) is 13.1 Å². The second-order valence-electron chi connectivity index (χ2n) is 5.36. The maximum absolute atomic E-state index is 12.4. The Bertz CT molecular complexity index is 566. The van der Waals surface area contributed by atoms with E-state index in [9.17, 15) is 8.42 Å². The molecular formula is C14H27N3O3S. The van der Waals surface area contributed by atoms with Crippen LogP contribution < -0.4 is 10.5 Å². The Kier molecular flexibility index (Phi) is 6.40. The average Bonchev–Trinajstić information content (AvgIpc) is 2.71. The first-order chi connectivity index (χ1) is 9.74. The van der Waals surface area contributed by atoms with E-state index < -0.39 is 10.0 Å². The average molecular weight is 317 g/mol.